The molecule has 6 heteroatoms. The third-order valence-corrected chi connectivity index (χ3v) is 2.68. The summed E-state index contributed by atoms with van der Waals surface area (Å²) >= 11 is 0. The van der Waals surface area contributed by atoms with Crippen LogP contribution in [0.1, 0.15) is 6.92 Å². The summed E-state index contributed by atoms with van der Waals surface area (Å²) in [4.78, 5) is 14.9. The van der Waals surface area contributed by atoms with Crippen molar-refractivity contribution >= 4 is 28.2 Å². The van der Waals surface area contributed by atoms with Gasteiger partial charge in [-0.15, -0.1) is 0 Å². The SMILES string of the molecule is CC(=O)NCCNc1c(F)cc(N)c2cccnc12. The maximum Gasteiger partial charge on any atom is 0.216 e. The molecular weight excluding hydrogens is 247 g/mol. The zero-order valence-electron chi connectivity index (χ0n) is 10.5. The number of nitrogens with zero attached hydrogens (tertiary/aromatic N) is 1. The van der Waals surface area contributed by atoms with Gasteiger partial charge in [-0.1, -0.05) is 0 Å². The minimum Gasteiger partial charge on any atom is -0.398 e. The largest absolute Gasteiger partial charge is 0.398 e. The van der Waals surface area contributed by atoms with Crippen molar-refractivity contribution in [3.63, 3.8) is 0 Å². The Kier molecular flexibility index (Phi) is 3.79. The first-order valence-electron chi connectivity index (χ1n) is 5.90. The van der Waals surface area contributed by atoms with Gasteiger partial charge < -0.3 is 16.4 Å². The predicted octanol–water partition coefficient (Wildman–Crippen LogP) is 1.50. The van der Waals surface area contributed by atoms with Crippen LogP contribution in [-0.4, -0.2) is 24.0 Å². The summed E-state index contributed by atoms with van der Waals surface area (Å²) in [7, 11) is 0. The second-order valence-electron chi connectivity index (χ2n) is 4.13. The van der Waals surface area contributed by atoms with Crippen molar-refractivity contribution in [1.82, 2.24) is 10.3 Å². The van der Waals surface area contributed by atoms with Gasteiger partial charge in [0.05, 0.1) is 11.2 Å². The van der Waals surface area contributed by atoms with Crippen LogP contribution in [0.2, 0.25) is 0 Å². The van der Waals surface area contributed by atoms with Crippen LogP contribution in [0.4, 0.5) is 15.8 Å². The number of carbonyl (C=O) groups is 1. The molecule has 1 aromatic heterocycles. The Bertz CT molecular complexity index is 615. The number of nitrogens with one attached hydrogen (secondary N) is 2. The summed E-state index contributed by atoms with van der Waals surface area (Å²) in [5, 5.41) is 6.26. The number of hydrogen-bond acceptors (Lipinski definition) is 4. The maximum atomic E-state index is 13.9. The highest BCUT2D eigenvalue weighted by Crippen LogP contribution is 2.29. The molecule has 100 valence electrons. The van der Waals surface area contributed by atoms with Gasteiger partial charge in [0.1, 0.15) is 0 Å². The number of rotatable bonds is 4. The van der Waals surface area contributed by atoms with Crippen LogP contribution in [0, 0.1) is 5.82 Å². The lowest BCUT2D eigenvalue weighted by atomic mass is 10.1. The smallest absolute Gasteiger partial charge is 0.216 e. The third kappa shape index (κ3) is 2.90. The van der Waals surface area contributed by atoms with E-state index in [1.165, 1.54) is 13.0 Å². The Labute approximate surface area is 110 Å². The van der Waals surface area contributed by atoms with Crippen molar-refractivity contribution < 1.29 is 9.18 Å². The quantitative estimate of drug-likeness (QED) is 0.576. The van der Waals surface area contributed by atoms with Gasteiger partial charge in [-0.25, -0.2) is 4.39 Å². The highest BCUT2D eigenvalue weighted by atomic mass is 19.1. The Balaban J connectivity index is 2.24. The number of halogens is 1. The average molecular weight is 262 g/mol. The van der Waals surface area contributed by atoms with Gasteiger partial charge in [0.25, 0.3) is 0 Å². The average Bonchev–Trinajstić information content (AvgIpc) is 2.37. The molecule has 0 spiro atoms. The van der Waals surface area contributed by atoms with Crippen LogP contribution in [-0.2, 0) is 4.79 Å². The first-order valence-corrected chi connectivity index (χ1v) is 5.90. The number of benzene rings is 1. The fourth-order valence-electron chi connectivity index (χ4n) is 1.83. The highest BCUT2D eigenvalue weighted by Gasteiger charge is 2.11. The van der Waals surface area contributed by atoms with Crippen LogP contribution in [0.25, 0.3) is 10.9 Å². The molecule has 2 rings (SSSR count). The van der Waals surface area contributed by atoms with Crippen LogP contribution >= 0.6 is 0 Å². The van der Waals surface area contributed by atoms with Gasteiger partial charge in [0.15, 0.2) is 5.82 Å². The monoisotopic (exact) mass is 262 g/mol. The molecule has 5 nitrogen and oxygen atoms in total. The summed E-state index contributed by atoms with van der Waals surface area (Å²) in [6, 6.07) is 4.80. The van der Waals surface area contributed by atoms with Gasteiger partial charge in [-0.2, -0.15) is 0 Å². The minimum atomic E-state index is -0.452. The molecular formula is C13H15FN4O. The Morgan fingerprint density at radius 2 is 2.26 bits per heavy atom. The number of hydrogen-bond donors (Lipinski definition) is 3. The van der Waals surface area contributed by atoms with E-state index in [4.69, 9.17) is 5.73 Å². The number of fused-ring (bicyclic) bond motifs is 1. The molecule has 4 N–H and O–H groups in total. The van der Waals surface area contributed by atoms with E-state index < -0.39 is 5.82 Å². The first-order chi connectivity index (χ1) is 9.09. The molecule has 0 aliphatic rings. The Morgan fingerprint density at radius 1 is 1.47 bits per heavy atom. The fourth-order valence-corrected chi connectivity index (χ4v) is 1.83. The van der Waals surface area contributed by atoms with Gasteiger partial charge in [0.2, 0.25) is 5.91 Å². The molecule has 0 saturated carbocycles. The number of nitrogen functional groups attached to an aromatic ring is 1. The molecule has 1 aromatic carbocycles. The van der Waals surface area contributed by atoms with E-state index in [1.807, 2.05) is 0 Å². The van der Waals surface area contributed by atoms with Crippen LogP contribution in [0.15, 0.2) is 24.4 Å². The number of pyridine rings is 1. The van der Waals surface area contributed by atoms with E-state index in [0.29, 0.717) is 35.4 Å². The van der Waals surface area contributed by atoms with Crippen molar-refractivity contribution in [2.45, 2.75) is 6.92 Å². The van der Waals surface area contributed by atoms with Crippen LogP contribution in [0.3, 0.4) is 0 Å². The summed E-state index contributed by atoms with van der Waals surface area (Å²) < 4.78 is 13.9. The molecule has 0 saturated heterocycles. The van der Waals surface area contributed by atoms with Crippen LogP contribution in [0.5, 0.6) is 0 Å². The van der Waals surface area contributed by atoms with Gasteiger partial charge >= 0.3 is 0 Å². The second-order valence-corrected chi connectivity index (χ2v) is 4.13. The second kappa shape index (κ2) is 5.51. The number of amides is 1. The van der Waals surface area contributed by atoms with Gasteiger partial charge in [-0.3, -0.25) is 9.78 Å². The van der Waals surface area contributed by atoms with E-state index >= 15 is 0 Å². The van der Waals surface area contributed by atoms with Gasteiger partial charge in [-0.05, 0) is 18.2 Å². The standard InChI is InChI=1S/C13H15FN4O/c1-8(19)16-5-6-18-13-10(14)7-11(15)9-3-2-4-17-12(9)13/h2-4,7,18H,5-6,15H2,1H3,(H,16,19). The zero-order chi connectivity index (χ0) is 13.8. The number of anilines is 2. The molecule has 0 bridgehead atoms. The molecule has 1 amide bonds. The predicted molar refractivity (Wildman–Crippen MR) is 73.3 cm³/mol. The summed E-state index contributed by atoms with van der Waals surface area (Å²) in [6.07, 6.45) is 1.58. The van der Waals surface area contributed by atoms with Crippen LogP contribution < -0.4 is 16.4 Å². The summed E-state index contributed by atoms with van der Waals surface area (Å²) in [6.45, 7) is 2.25. The zero-order valence-corrected chi connectivity index (χ0v) is 10.5. The summed E-state index contributed by atoms with van der Waals surface area (Å²) in [5.41, 5.74) is 6.90. The lowest BCUT2D eigenvalue weighted by Crippen LogP contribution is -2.26. The van der Waals surface area contributed by atoms with E-state index in [2.05, 4.69) is 15.6 Å². The van der Waals surface area contributed by atoms with E-state index in [0.717, 1.165) is 0 Å². The number of carbonyl (C=O) groups excluding carboxylic acids is 1. The van der Waals surface area contributed by atoms with Crippen molar-refractivity contribution in [3.8, 4) is 0 Å². The molecule has 0 radical (unpaired) electrons. The van der Waals surface area contributed by atoms with Gasteiger partial charge in [0, 0.05) is 37.3 Å². The molecule has 0 aliphatic heterocycles. The van der Waals surface area contributed by atoms with Crippen molar-refractivity contribution in [2.24, 2.45) is 0 Å². The topological polar surface area (TPSA) is 80.0 Å². The minimum absolute atomic E-state index is 0.123. The van der Waals surface area contributed by atoms with E-state index in [1.54, 1.807) is 18.3 Å². The first kappa shape index (κ1) is 13.1. The third-order valence-electron chi connectivity index (χ3n) is 2.68. The fraction of sp³-hybridized carbons (Fsp3) is 0.231. The number of nitrogens with two attached hydrogens (primary N) is 1. The lowest BCUT2D eigenvalue weighted by Gasteiger charge is -2.12. The molecule has 0 unspecified atom stereocenters. The number of aromatic nitrogens is 1. The molecule has 19 heavy (non-hydrogen) atoms. The molecule has 1 heterocycles. The Hall–Kier alpha value is -2.37. The lowest BCUT2D eigenvalue weighted by molar-refractivity contribution is -0.118. The Morgan fingerprint density at radius 3 is 3.00 bits per heavy atom. The summed E-state index contributed by atoms with van der Waals surface area (Å²) in [5.74, 6) is -0.575. The van der Waals surface area contributed by atoms with Crippen molar-refractivity contribution in [2.75, 3.05) is 24.1 Å². The molecule has 0 atom stereocenters. The van der Waals surface area contributed by atoms with Crippen molar-refractivity contribution in [3.05, 3.63) is 30.2 Å². The molecule has 2 aromatic rings. The van der Waals surface area contributed by atoms with E-state index in [-0.39, 0.29) is 5.91 Å². The normalized spacial score (nSPS) is 10.4. The molecule has 0 fully saturated rings. The van der Waals surface area contributed by atoms with Crippen molar-refractivity contribution in [1.29, 1.82) is 0 Å². The maximum absolute atomic E-state index is 13.9. The highest BCUT2D eigenvalue weighted by molar-refractivity contribution is 5.98. The molecule has 0 aliphatic carbocycles. The van der Waals surface area contributed by atoms with E-state index in [9.17, 15) is 9.18 Å².